The minimum atomic E-state index is -0.532. The van der Waals surface area contributed by atoms with E-state index in [1.807, 2.05) is 6.07 Å². The normalized spacial score (nSPS) is 10.1. The van der Waals surface area contributed by atoms with Crippen LogP contribution in [0.25, 0.3) is 0 Å². The molecule has 0 saturated carbocycles. The summed E-state index contributed by atoms with van der Waals surface area (Å²) >= 11 is 0. The molecule has 2 rings (SSSR count). The predicted molar refractivity (Wildman–Crippen MR) is 69.7 cm³/mol. The molecule has 0 bridgehead atoms. The van der Waals surface area contributed by atoms with Crippen LogP contribution in [-0.4, -0.2) is 0 Å². The van der Waals surface area contributed by atoms with Crippen molar-refractivity contribution < 1.29 is 13.5 Å². The van der Waals surface area contributed by atoms with Crippen LogP contribution in [0, 0.1) is 23.0 Å². The van der Waals surface area contributed by atoms with Gasteiger partial charge in [0.25, 0.3) is 0 Å². The van der Waals surface area contributed by atoms with Crippen molar-refractivity contribution in [1.82, 2.24) is 0 Å². The van der Waals surface area contributed by atoms with Gasteiger partial charge in [-0.15, -0.1) is 0 Å². The first-order valence-electron chi connectivity index (χ1n) is 5.94. The molecule has 102 valence electrons. The van der Waals surface area contributed by atoms with E-state index >= 15 is 0 Å². The molecule has 0 radical (unpaired) electrons. The smallest absolute Gasteiger partial charge is 0.165 e. The van der Waals surface area contributed by atoms with Gasteiger partial charge in [-0.25, -0.2) is 8.78 Å². The largest absolute Gasteiger partial charge is 0.485 e. The number of nitrogens with two attached hydrogens (primary N) is 1. The third-order valence-electron chi connectivity index (χ3n) is 2.74. The number of para-hydroxylation sites is 1. The van der Waals surface area contributed by atoms with Gasteiger partial charge in [-0.1, -0.05) is 12.1 Å². The molecule has 2 N–H and O–H groups in total. The molecule has 0 aliphatic heterocycles. The molecule has 2 aromatic rings. The second kappa shape index (κ2) is 6.13. The summed E-state index contributed by atoms with van der Waals surface area (Å²) in [5.41, 5.74) is 6.68. The Morgan fingerprint density at radius 1 is 1.20 bits per heavy atom. The van der Waals surface area contributed by atoms with Crippen LogP contribution < -0.4 is 10.5 Å². The van der Waals surface area contributed by atoms with Crippen LogP contribution >= 0.6 is 0 Å². The fourth-order valence-corrected chi connectivity index (χ4v) is 1.83. The molecule has 20 heavy (non-hydrogen) atoms. The molecule has 3 nitrogen and oxygen atoms in total. The van der Waals surface area contributed by atoms with Crippen LogP contribution in [-0.2, 0) is 13.2 Å². The van der Waals surface area contributed by atoms with Crippen molar-refractivity contribution in [3.63, 3.8) is 0 Å². The van der Waals surface area contributed by atoms with Crippen LogP contribution in [0.1, 0.15) is 16.7 Å². The summed E-state index contributed by atoms with van der Waals surface area (Å²) in [7, 11) is 0. The molecular weight excluding hydrogens is 262 g/mol. The molecule has 0 spiro atoms. The van der Waals surface area contributed by atoms with Crippen molar-refractivity contribution in [3.8, 4) is 11.8 Å². The first kappa shape index (κ1) is 14.0. The minimum Gasteiger partial charge on any atom is -0.485 e. The zero-order valence-corrected chi connectivity index (χ0v) is 10.6. The van der Waals surface area contributed by atoms with Crippen molar-refractivity contribution in [2.45, 2.75) is 13.2 Å². The van der Waals surface area contributed by atoms with Gasteiger partial charge in [-0.3, -0.25) is 0 Å². The monoisotopic (exact) mass is 274 g/mol. The summed E-state index contributed by atoms with van der Waals surface area (Å²) in [6.07, 6.45) is 0. The lowest BCUT2D eigenvalue weighted by Gasteiger charge is -2.11. The fourth-order valence-electron chi connectivity index (χ4n) is 1.83. The van der Waals surface area contributed by atoms with E-state index in [-0.39, 0.29) is 24.5 Å². The van der Waals surface area contributed by atoms with E-state index in [1.165, 1.54) is 18.2 Å². The summed E-state index contributed by atoms with van der Waals surface area (Å²) in [5, 5.41) is 8.76. The molecule has 0 saturated heterocycles. The van der Waals surface area contributed by atoms with E-state index in [9.17, 15) is 8.78 Å². The Bertz CT molecular complexity index is 665. The first-order valence-corrected chi connectivity index (χ1v) is 5.94. The number of hydrogen-bond donors (Lipinski definition) is 1. The van der Waals surface area contributed by atoms with Gasteiger partial charge < -0.3 is 10.5 Å². The average Bonchev–Trinajstić information content (AvgIpc) is 2.45. The SMILES string of the molecule is N#Cc1cc(F)cc(COc2c(F)cccc2CN)c1. The van der Waals surface area contributed by atoms with Crippen molar-refractivity contribution >= 4 is 0 Å². The summed E-state index contributed by atoms with van der Waals surface area (Å²) in [6, 6.07) is 10.2. The molecule has 0 aliphatic carbocycles. The van der Waals surface area contributed by atoms with Crippen molar-refractivity contribution in [2.24, 2.45) is 5.73 Å². The fraction of sp³-hybridized carbons (Fsp3) is 0.133. The Balaban J connectivity index is 2.21. The molecule has 0 unspecified atom stereocenters. The predicted octanol–water partition coefficient (Wildman–Crippen LogP) is 2.87. The van der Waals surface area contributed by atoms with E-state index in [0.717, 1.165) is 6.07 Å². The van der Waals surface area contributed by atoms with Gasteiger partial charge in [0.1, 0.15) is 12.4 Å². The quantitative estimate of drug-likeness (QED) is 0.932. The second-order valence-electron chi connectivity index (χ2n) is 4.18. The number of halogens is 2. The number of ether oxygens (including phenoxy) is 1. The third kappa shape index (κ3) is 3.11. The van der Waals surface area contributed by atoms with Crippen molar-refractivity contribution in [2.75, 3.05) is 0 Å². The maximum Gasteiger partial charge on any atom is 0.165 e. The van der Waals surface area contributed by atoms with Gasteiger partial charge in [-0.05, 0) is 29.8 Å². The molecule has 0 aliphatic rings. The molecule has 5 heteroatoms. The maximum atomic E-state index is 13.7. The maximum absolute atomic E-state index is 13.7. The zero-order valence-electron chi connectivity index (χ0n) is 10.6. The van der Waals surface area contributed by atoms with Gasteiger partial charge in [0, 0.05) is 12.1 Å². The number of benzene rings is 2. The van der Waals surface area contributed by atoms with E-state index in [0.29, 0.717) is 11.1 Å². The highest BCUT2D eigenvalue weighted by Gasteiger charge is 2.09. The van der Waals surface area contributed by atoms with Gasteiger partial charge in [0.05, 0.1) is 11.6 Å². The zero-order chi connectivity index (χ0) is 14.5. The Morgan fingerprint density at radius 2 is 2.00 bits per heavy atom. The highest BCUT2D eigenvalue weighted by Crippen LogP contribution is 2.23. The lowest BCUT2D eigenvalue weighted by atomic mass is 10.1. The second-order valence-corrected chi connectivity index (χ2v) is 4.18. The Kier molecular flexibility index (Phi) is 4.28. The Labute approximate surface area is 115 Å². The first-order chi connectivity index (χ1) is 9.63. The van der Waals surface area contributed by atoms with Crippen molar-refractivity contribution in [1.29, 1.82) is 5.26 Å². The number of hydrogen-bond acceptors (Lipinski definition) is 3. The van der Waals surface area contributed by atoms with Crippen molar-refractivity contribution in [3.05, 3.63) is 64.7 Å². The van der Waals surface area contributed by atoms with E-state index in [1.54, 1.807) is 12.1 Å². The number of nitriles is 1. The lowest BCUT2D eigenvalue weighted by molar-refractivity contribution is 0.286. The highest BCUT2D eigenvalue weighted by atomic mass is 19.1. The van der Waals surface area contributed by atoms with Crippen LogP contribution in [0.4, 0.5) is 8.78 Å². The van der Waals surface area contributed by atoms with Crippen LogP contribution in [0.2, 0.25) is 0 Å². The third-order valence-corrected chi connectivity index (χ3v) is 2.74. The van der Waals surface area contributed by atoms with Gasteiger partial charge in [0.15, 0.2) is 11.6 Å². The van der Waals surface area contributed by atoms with Crippen LogP contribution in [0.15, 0.2) is 36.4 Å². The van der Waals surface area contributed by atoms with Crippen LogP contribution in [0.3, 0.4) is 0 Å². The molecule has 0 amide bonds. The molecular formula is C15H12F2N2O. The summed E-state index contributed by atoms with van der Waals surface area (Å²) in [5.74, 6) is -1.00. The Morgan fingerprint density at radius 3 is 2.70 bits per heavy atom. The summed E-state index contributed by atoms with van der Waals surface area (Å²) in [4.78, 5) is 0. The standard InChI is InChI=1S/C15H12F2N2O/c16-13-5-10(7-18)4-11(6-13)9-20-15-12(8-19)2-1-3-14(15)17/h1-6H,8-9,19H2. The van der Waals surface area contributed by atoms with Gasteiger partial charge in [0.2, 0.25) is 0 Å². The molecule has 2 aromatic carbocycles. The molecule has 0 heterocycles. The summed E-state index contributed by atoms with van der Waals surface area (Å²) in [6.45, 7) is 0.0973. The molecule has 0 atom stereocenters. The van der Waals surface area contributed by atoms with E-state index in [4.69, 9.17) is 15.7 Å². The Hall–Kier alpha value is -2.45. The van der Waals surface area contributed by atoms with Gasteiger partial charge in [-0.2, -0.15) is 5.26 Å². The lowest BCUT2D eigenvalue weighted by Crippen LogP contribution is -2.05. The molecule has 0 fully saturated rings. The van der Waals surface area contributed by atoms with Gasteiger partial charge >= 0.3 is 0 Å². The summed E-state index contributed by atoms with van der Waals surface area (Å²) < 4.78 is 32.3. The minimum absolute atomic E-state index is 0.0413. The van der Waals surface area contributed by atoms with E-state index < -0.39 is 11.6 Å². The average molecular weight is 274 g/mol. The topological polar surface area (TPSA) is 59.0 Å². The van der Waals surface area contributed by atoms with Crippen LogP contribution in [0.5, 0.6) is 5.75 Å². The highest BCUT2D eigenvalue weighted by molar-refractivity contribution is 5.36. The number of rotatable bonds is 4. The number of nitrogens with zero attached hydrogens (tertiary/aromatic N) is 1. The van der Waals surface area contributed by atoms with E-state index in [2.05, 4.69) is 0 Å². The molecule has 0 aromatic heterocycles.